The van der Waals surface area contributed by atoms with Gasteiger partial charge >= 0.3 is 6.03 Å². The fourth-order valence-electron chi connectivity index (χ4n) is 9.63. The molecule has 41 heavy (non-hydrogen) atoms. The van der Waals surface area contributed by atoms with Gasteiger partial charge in [-0.25, -0.2) is 4.79 Å². The molecule has 4 aliphatic carbocycles. The number of urea groups is 1. The third-order valence-corrected chi connectivity index (χ3v) is 11.6. The number of allylic oxidation sites excluding steroid dienone is 2. The second kappa shape index (κ2) is 11.0. The highest BCUT2D eigenvalue weighted by atomic mass is 16.7. The molecule has 1 heterocycles. The summed E-state index contributed by atoms with van der Waals surface area (Å²) < 4.78 is 13.0. The summed E-state index contributed by atoms with van der Waals surface area (Å²) >= 11 is 0. The zero-order valence-electron chi connectivity index (χ0n) is 25.9. The van der Waals surface area contributed by atoms with Gasteiger partial charge in [-0.15, -0.1) is 0 Å². The van der Waals surface area contributed by atoms with Crippen LogP contribution >= 0.6 is 0 Å². The van der Waals surface area contributed by atoms with Crippen molar-refractivity contribution in [1.82, 2.24) is 10.6 Å². The molecule has 0 bridgehead atoms. The lowest BCUT2D eigenvalue weighted by molar-refractivity contribution is -0.312. The predicted octanol–water partition coefficient (Wildman–Crippen LogP) is 6.68. The standard InChI is InChI=1S/C35H52N2O4/c1-6-36-32(39)37-19-23-7-9-24(10-8-23)28-18-34(5)29(22(2)38)13-14-30(34)27-12-11-25-17-35(16-15-26(25)31(27)28)40-20-33(3,4)21-41-35/h7-10,22,25,27-30,38H,6,11-21H2,1-5H3,(H2,36,37,39)/t22-,25?,27?,28?,29?,30?,34?/m0/s1. The van der Waals surface area contributed by atoms with E-state index in [4.69, 9.17) is 9.47 Å². The van der Waals surface area contributed by atoms with E-state index in [1.165, 1.54) is 24.8 Å². The quantitative estimate of drug-likeness (QED) is 0.349. The van der Waals surface area contributed by atoms with Crippen LogP contribution < -0.4 is 10.6 Å². The molecule has 5 aliphatic rings. The molecule has 3 N–H and O–H groups in total. The van der Waals surface area contributed by atoms with Gasteiger partial charge in [0.05, 0.1) is 19.3 Å². The van der Waals surface area contributed by atoms with E-state index in [9.17, 15) is 9.90 Å². The van der Waals surface area contributed by atoms with E-state index < -0.39 is 5.79 Å². The van der Waals surface area contributed by atoms with E-state index in [0.717, 1.165) is 50.9 Å². The molecule has 4 fully saturated rings. The van der Waals surface area contributed by atoms with Gasteiger partial charge in [-0.05, 0) is 92.6 Å². The van der Waals surface area contributed by atoms with Gasteiger partial charge in [0.2, 0.25) is 0 Å². The fraction of sp³-hybridized carbons (Fsp3) is 0.743. The Hall–Kier alpha value is -1.89. The van der Waals surface area contributed by atoms with E-state index in [-0.39, 0.29) is 23.0 Å². The van der Waals surface area contributed by atoms with Gasteiger partial charge in [0.15, 0.2) is 5.79 Å². The van der Waals surface area contributed by atoms with Gasteiger partial charge in [0, 0.05) is 37.3 Å². The first-order chi connectivity index (χ1) is 19.5. The van der Waals surface area contributed by atoms with E-state index in [2.05, 4.69) is 55.7 Å². The fourth-order valence-corrected chi connectivity index (χ4v) is 9.63. The molecule has 1 aliphatic heterocycles. The van der Waals surface area contributed by atoms with Crippen LogP contribution in [0.2, 0.25) is 0 Å². The van der Waals surface area contributed by atoms with Crippen LogP contribution in [0.4, 0.5) is 4.79 Å². The minimum absolute atomic E-state index is 0.0882. The summed E-state index contributed by atoms with van der Waals surface area (Å²) in [6.07, 6.45) is 8.71. The molecule has 6 unspecified atom stereocenters. The Balaban J connectivity index is 1.31. The number of hydrogen-bond acceptors (Lipinski definition) is 4. The van der Waals surface area contributed by atoms with Crippen molar-refractivity contribution < 1.29 is 19.4 Å². The molecule has 0 radical (unpaired) electrons. The van der Waals surface area contributed by atoms with E-state index in [1.807, 2.05) is 13.8 Å². The number of carbonyl (C=O) groups is 1. The lowest BCUT2D eigenvalue weighted by Gasteiger charge is -2.56. The van der Waals surface area contributed by atoms with Crippen LogP contribution in [-0.2, 0) is 16.0 Å². The summed E-state index contributed by atoms with van der Waals surface area (Å²) in [7, 11) is 0. The molecule has 6 nitrogen and oxygen atoms in total. The number of amides is 2. The molecular formula is C35H52N2O4. The second-order valence-electron chi connectivity index (χ2n) is 15.0. The maximum Gasteiger partial charge on any atom is 0.315 e. The van der Waals surface area contributed by atoms with Crippen molar-refractivity contribution in [2.24, 2.45) is 34.5 Å². The summed E-state index contributed by atoms with van der Waals surface area (Å²) in [6, 6.07) is 8.88. The number of ether oxygens (including phenoxy) is 2. The summed E-state index contributed by atoms with van der Waals surface area (Å²) in [5.41, 5.74) is 6.18. The molecule has 1 aromatic carbocycles. The molecular weight excluding hydrogens is 512 g/mol. The Morgan fingerprint density at radius 2 is 1.76 bits per heavy atom. The highest BCUT2D eigenvalue weighted by Gasteiger charge is 2.58. The first kappa shape index (κ1) is 29.2. The molecule has 2 amide bonds. The molecule has 1 aromatic rings. The van der Waals surface area contributed by atoms with Crippen molar-refractivity contribution in [2.45, 2.75) is 110 Å². The molecule has 226 valence electrons. The van der Waals surface area contributed by atoms with Crippen molar-refractivity contribution in [3.63, 3.8) is 0 Å². The van der Waals surface area contributed by atoms with E-state index in [0.29, 0.717) is 42.7 Å². The van der Waals surface area contributed by atoms with Crippen molar-refractivity contribution in [1.29, 1.82) is 0 Å². The number of rotatable bonds is 5. The Bertz CT molecular complexity index is 1150. The van der Waals surface area contributed by atoms with Crippen molar-refractivity contribution in [3.8, 4) is 0 Å². The zero-order chi connectivity index (χ0) is 29.0. The van der Waals surface area contributed by atoms with Crippen LogP contribution in [0, 0.1) is 34.5 Å². The number of fused-ring (bicyclic) bond motifs is 4. The van der Waals surface area contributed by atoms with E-state index in [1.54, 1.807) is 11.1 Å². The largest absolute Gasteiger partial charge is 0.393 e. The molecule has 7 atom stereocenters. The third kappa shape index (κ3) is 5.38. The highest BCUT2D eigenvalue weighted by molar-refractivity contribution is 5.73. The average Bonchev–Trinajstić information content (AvgIpc) is 3.31. The molecule has 1 saturated heterocycles. The molecule has 0 aromatic heterocycles. The van der Waals surface area contributed by atoms with Gasteiger partial charge in [0.25, 0.3) is 0 Å². The Kier molecular flexibility index (Phi) is 7.82. The van der Waals surface area contributed by atoms with Gasteiger partial charge in [0.1, 0.15) is 0 Å². The summed E-state index contributed by atoms with van der Waals surface area (Å²) in [4.78, 5) is 11.9. The SMILES string of the molecule is CCNC(=O)NCc1ccc(C2CC3(C)C(CCC3[C@H](C)O)C3CCC4CC5(CCC4=C23)OCC(C)(C)CO5)cc1. The van der Waals surface area contributed by atoms with Crippen LogP contribution in [0.3, 0.4) is 0 Å². The Labute approximate surface area is 247 Å². The number of aliphatic hydroxyl groups excluding tert-OH is 1. The number of nitrogens with one attached hydrogen (secondary N) is 2. The number of carbonyl (C=O) groups excluding carboxylic acids is 1. The van der Waals surface area contributed by atoms with Crippen LogP contribution in [0.5, 0.6) is 0 Å². The Morgan fingerprint density at radius 1 is 1.02 bits per heavy atom. The van der Waals surface area contributed by atoms with Crippen LogP contribution in [0.25, 0.3) is 0 Å². The highest BCUT2D eigenvalue weighted by Crippen LogP contribution is 2.67. The second-order valence-corrected chi connectivity index (χ2v) is 15.0. The average molecular weight is 565 g/mol. The first-order valence-corrected chi connectivity index (χ1v) is 16.3. The first-order valence-electron chi connectivity index (χ1n) is 16.3. The smallest absolute Gasteiger partial charge is 0.315 e. The third-order valence-electron chi connectivity index (χ3n) is 11.6. The van der Waals surface area contributed by atoms with Crippen molar-refractivity contribution in [3.05, 3.63) is 46.5 Å². The normalized spacial score (nSPS) is 36.2. The van der Waals surface area contributed by atoms with E-state index >= 15 is 0 Å². The number of benzene rings is 1. The van der Waals surface area contributed by atoms with Gasteiger partial charge < -0.3 is 25.2 Å². The molecule has 6 heteroatoms. The summed E-state index contributed by atoms with van der Waals surface area (Å²) in [5.74, 6) is 2.14. The summed E-state index contributed by atoms with van der Waals surface area (Å²) in [6.45, 7) is 13.6. The number of aliphatic hydroxyl groups is 1. The lowest BCUT2D eigenvalue weighted by Crippen LogP contribution is -2.52. The maximum absolute atomic E-state index is 11.9. The minimum Gasteiger partial charge on any atom is -0.393 e. The maximum atomic E-state index is 11.9. The summed E-state index contributed by atoms with van der Waals surface area (Å²) in [5, 5.41) is 16.6. The zero-order valence-corrected chi connectivity index (χ0v) is 25.9. The van der Waals surface area contributed by atoms with Gasteiger partial charge in [-0.1, -0.05) is 56.2 Å². The minimum atomic E-state index is -0.404. The lowest BCUT2D eigenvalue weighted by atomic mass is 9.50. The van der Waals surface area contributed by atoms with Crippen molar-refractivity contribution in [2.75, 3.05) is 19.8 Å². The van der Waals surface area contributed by atoms with Crippen molar-refractivity contribution >= 4 is 6.03 Å². The van der Waals surface area contributed by atoms with Crippen LogP contribution in [-0.4, -0.2) is 42.8 Å². The van der Waals surface area contributed by atoms with Crippen LogP contribution in [0.1, 0.15) is 103 Å². The van der Waals surface area contributed by atoms with Crippen LogP contribution in [0.15, 0.2) is 35.4 Å². The topological polar surface area (TPSA) is 79.8 Å². The molecule has 1 spiro atoms. The molecule has 6 rings (SSSR count). The van der Waals surface area contributed by atoms with Gasteiger partial charge in [-0.3, -0.25) is 0 Å². The predicted molar refractivity (Wildman–Crippen MR) is 161 cm³/mol. The monoisotopic (exact) mass is 564 g/mol. The number of hydrogen-bond donors (Lipinski definition) is 3. The molecule has 3 saturated carbocycles. The Morgan fingerprint density at radius 3 is 2.44 bits per heavy atom. The van der Waals surface area contributed by atoms with Gasteiger partial charge in [-0.2, -0.15) is 0 Å².